The number of nitrogens with zero attached hydrogens (tertiary/aromatic N) is 1. The van der Waals surface area contributed by atoms with Gasteiger partial charge in [0.1, 0.15) is 5.75 Å². The fraction of sp³-hybridized carbons (Fsp3) is 0.167. The zero-order valence-corrected chi connectivity index (χ0v) is 14.1. The summed E-state index contributed by atoms with van der Waals surface area (Å²) in [4.78, 5) is 23.7. The molecule has 2 N–H and O–H groups in total. The first kappa shape index (κ1) is 19.8. The molecule has 2 aromatic rings. The predicted molar refractivity (Wildman–Crippen MR) is 89.2 cm³/mol. The number of benzene rings is 2. The Balaban J connectivity index is 1.88. The number of ether oxygens (including phenoxy) is 1. The lowest BCUT2D eigenvalue weighted by atomic mass is 10.2. The van der Waals surface area contributed by atoms with E-state index < -0.39 is 47.6 Å². The average molecular weight is 377 g/mol. The van der Waals surface area contributed by atoms with Gasteiger partial charge in [-0.15, -0.1) is 0 Å². The van der Waals surface area contributed by atoms with Gasteiger partial charge in [0.2, 0.25) is 5.91 Å². The van der Waals surface area contributed by atoms with E-state index in [0.29, 0.717) is 17.4 Å². The summed E-state index contributed by atoms with van der Waals surface area (Å²) < 4.78 is 44.8. The van der Waals surface area contributed by atoms with Crippen molar-refractivity contribution in [3.8, 4) is 11.8 Å². The number of halogens is 3. The SMILES string of the molecule is CC(Oc1cccc(C#N)c1)C(=O)NCC(=O)Nc1ccc(F)c(F)c1F. The van der Waals surface area contributed by atoms with E-state index in [1.807, 2.05) is 11.4 Å². The summed E-state index contributed by atoms with van der Waals surface area (Å²) in [6.07, 6.45) is -0.980. The third-order valence-electron chi connectivity index (χ3n) is 3.38. The molecular formula is C18H14F3N3O3. The number of amides is 2. The van der Waals surface area contributed by atoms with Crippen molar-refractivity contribution in [2.45, 2.75) is 13.0 Å². The van der Waals surface area contributed by atoms with Crippen LogP contribution in [0.3, 0.4) is 0 Å². The monoisotopic (exact) mass is 377 g/mol. The topological polar surface area (TPSA) is 91.2 Å². The van der Waals surface area contributed by atoms with Crippen molar-refractivity contribution in [1.29, 1.82) is 5.26 Å². The maximum atomic E-state index is 13.5. The molecule has 27 heavy (non-hydrogen) atoms. The predicted octanol–water partition coefficient (Wildman–Crippen LogP) is 2.50. The molecule has 0 spiro atoms. The molecule has 140 valence electrons. The lowest BCUT2D eigenvalue weighted by molar-refractivity contribution is -0.129. The van der Waals surface area contributed by atoms with Crippen LogP contribution < -0.4 is 15.4 Å². The highest BCUT2D eigenvalue weighted by molar-refractivity contribution is 5.95. The van der Waals surface area contributed by atoms with Gasteiger partial charge in [0.05, 0.1) is 23.9 Å². The van der Waals surface area contributed by atoms with E-state index in [1.165, 1.54) is 13.0 Å². The van der Waals surface area contributed by atoms with Crippen LogP contribution in [0.1, 0.15) is 12.5 Å². The molecular weight excluding hydrogens is 363 g/mol. The zero-order chi connectivity index (χ0) is 20.0. The summed E-state index contributed by atoms with van der Waals surface area (Å²) in [6, 6.07) is 9.62. The van der Waals surface area contributed by atoms with Crippen molar-refractivity contribution in [3.63, 3.8) is 0 Å². The minimum absolute atomic E-state index is 0.296. The molecule has 0 saturated carbocycles. The molecule has 2 aromatic carbocycles. The van der Waals surface area contributed by atoms with Gasteiger partial charge >= 0.3 is 0 Å². The van der Waals surface area contributed by atoms with E-state index in [1.54, 1.807) is 18.2 Å². The molecule has 0 bridgehead atoms. The minimum atomic E-state index is -1.71. The van der Waals surface area contributed by atoms with Crippen molar-refractivity contribution in [3.05, 3.63) is 59.4 Å². The normalized spacial score (nSPS) is 11.2. The van der Waals surface area contributed by atoms with Crippen LogP contribution in [0.5, 0.6) is 5.75 Å². The molecule has 9 heteroatoms. The number of carbonyl (C=O) groups excluding carboxylic acids is 2. The molecule has 0 aliphatic heterocycles. The van der Waals surface area contributed by atoms with Gasteiger partial charge in [0.25, 0.3) is 5.91 Å². The molecule has 0 heterocycles. The van der Waals surface area contributed by atoms with Gasteiger partial charge in [-0.25, -0.2) is 13.2 Å². The van der Waals surface area contributed by atoms with Gasteiger partial charge in [-0.3, -0.25) is 9.59 Å². The maximum Gasteiger partial charge on any atom is 0.261 e. The molecule has 0 fully saturated rings. The Bertz CT molecular complexity index is 912. The third kappa shape index (κ3) is 5.22. The van der Waals surface area contributed by atoms with Gasteiger partial charge in [0.15, 0.2) is 23.6 Å². The lowest BCUT2D eigenvalue weighted by Gasteiger charge is -2.15. The first-order chi connectivity index (χ1) is 12.8. The van der Waals surface area contributed by atoms with E-state index in [9.17, 15) is 22.8 Å². The Morgan fingerprint density at radius 1 is 1.19 bits per heavy atom. The number of anilines is 1. The van der Waals surface area contributed by atoms with Gasteiger partial charge in [-0.05, 0) is 37.3 Å². The number of rotatable bonds is 6. The smallest absolute Gasteiger partial charge is 0.261 e. The van der Waals surface area contributed by atoms with Crippen molar-refractivity contribution in [1.82, 2.24) is 5.32 Å². The zero-order valence-electron chi connectivity index (χ0n) is 14.1. The van der Waals surface area contributed by atoms with Gasteiger partial charge < -0.3 is 15.4 Å². The second-order valence-corrected chi connectivity index (χ2v) is 5.39. The molecule has 1 atom stereocenters. The van der Waals surface area contributed by atoms with Crippen molar-refractivity contribution in [2.75, 3.05) is 11.9 Å². The minimum Gasteiger partial charge on any atom is -0.481 e. The molecule has 0 saturated heterocycles. The number of hydrogen-bond donors (Lipinski definition) is 2. The third-order valence-corrected chi connectivity index (χ3v) is 3.38. The molecule has 1 unspecified atom stereocenters. The number of carbonyl (C=O) groups is 2. The number of hydrogen-bond acceptors (Lipinski definition) is 4. The second kappa shape index (κ2) is 8.71. The quantitative estimate of drug-likeness (QED) is 0.757. The molecule has 0 aromatic heterocycles. The standard InChI is InChI=1S/C18H14F3N3O3/c1-10(27-12-4-2-3-11(7-12)8-22)18(26)23-9-15(25)24-14-6-5-13(19)16(20)17(14)21/h2-7,10H,9H2,1H3,(H,23,26)(H,24,25). The first-order valence-corrected chi connectivity index (χ1v) is 7.69. The Morgan fingerprint density at radius 3 is 2.63 bits per heavy atom. The van der Waals surface area contributed by atoms with Crippen molar-refractivity contribution in [2.24, 2.45) is 0 Å². The van der Waals surface area contributed by atoms with Crippen molar-refractivity contribution >= 4 is 17.5 Å². The molecule has 6 nitrogen and oxygen atoms in total. The summed E-state index contributed by atoms with van der Waals surface area (Å²) in [7, 11) is 0. The Hall–Kier alpha value is -3.54. The van der Waals surface area contributed by atoms with Gasteiger partial charge in [-0.2, -0.15) is 5.26 Å². The van der Waals surface area contributed by atoms with E-state index in [-0.39, 0.29) is 0 Å². The number of nitrogens with one attached hydrogen (secondary N) is 2. The summed E-state index contributed by atoms with van der Waals surface area (Å²) >= 11 is 0. The van der Waals surface area contributed by atoms with Crippen LogP contribution in [0.25, 0.3) is 0 Å². The number of nitriles is 1. The van der Waals surface area contributed by atoms with Crippen LogP contribution in [-0.4, -0.2) is 24.5 Å². The highest BCUT2D eigenvalue weighted by Gasteiger charge is 2.18. The highest BCUT2D eigenvalue weighted by atomic mass is 19.2. The van der Waals surface area contributed by atoms with E-state index in [2.05, 4.69) is 5.32 Å². The summed E-state index contributed by atoms with van der Waals surface area (Å²) in [5.41, 5.74) is -0.196. The summed E-state index contributed by atoms with van der Waals surface area (Å²) in [6.45, 7) is 0.893. The molecule has 0 aliphatic carbocycles. The van der Waals surface area contributed by atoms with Crippen molar-refractivity contribution < 1.29 is 27.5 Å². The molecule has 2 rings (SSSR count). The van der Waals surface area contributed by atoms with Crippen LogP contribution >= 0.6 is 0 Å². The van der Waals surface area contributed by atoms with Crippen LogP contribution in [0.2, 0.25) is 0 Å². The maximum absolute atomic E-state index is 13.5. The molecule has 2 amide bonds. The van der Waals surface area contributed by atoms with Crippen LogP contribution in [0.15, 0.2) is 36.4 Å². The Morgan fingerprint density at radius 2 is 1.93 bits per heavy atom. The van der Waals surface area contributed by atoms with E-state index >= 15 is 0 Å². The fourth-order valence-corrected chi connectivity index (χ4v) is 2.02. The van der Waals surface area contributed by atoms with E-state index in [0.717, 1.165) is 6.07 Å². The molecule has 0 radical (unpaired) electrons. The molecule has 0 aliphatic rings. The Kier molecular flexibility index (Phi) is 6.38. The average Bonchev–Trinajstić information content (AvgIpc) is 2.66. The second-order valence-electron chi connectivity index (χ2n) is 5.39. The first-order valence-electron chi connectivity index (χ1n) is 7.69. The Labute approximate surface area is 152 Å². The van der Waals surface area contributed by atoms with E-state index in [4.69, 9.17) is 10.00 Å². The lowest BCUT2D eigenvalue weighted by Crippen LogP contribution is -2.40. The van der Waals surface area contributed by atoms with Crippen LogP contribution in [0, 0.1) is 28.8 Å². The summed E-state index contributed by atoms with van der Waals surface area (Å²) in [5.74, 6) is -5.82. The largest absolute Gasteiger partial charge is 0.481 e. The van der Waals surface area contributed by atoms with Gasteiger partial charge in [0, 0.05) is 0 Å². The van der Waals surface area contributed by atoms with Crippen LogP contribution in [-0.2, 0) is 9.59 Å². The highest BCUT2D eigenvalue weighted by Crippen LogP contribution is 2.19. The fourth-order valence-electron chi connectivity index (χ4n) is 2.02. The summed E-state index contributed by atoms with van der Waals surface area (Å²) in [5, 5.41) is 13.1. The van der Waals surface area contributed by atoms with Gasteiger partial charge in [-0.1, -0.05) is 6.07 Å². The van der Waals surface area contributed by atoms with Crippen LogP contribution in [0.4, 0.5) is 18.9 Å².